The van der Waals surface area contributed by atoms with Crippen molar-refractivity contribution >= 4 is 17.5 Å². The number of hydrogen-bond acceptors (Lipinski definition) is 8. The molecule has 0 bridgehead atoms. The van der Waals surface area contributed by atoms with Crippen LogP contribution in [0.5, 0.6) is 11.6 Å². The van der Waals surface area contributed by atoms with E-state index in [1.54, 1.807) is 49.2 Å². The molecule has 2 unspecified atom stereocenters. The zero-order chi connectivity index (χ0) is 28.6. The Morgan fingerprint density at radius 1 is 1.20 bits per heavy atom. The number of aryl methyl sites for hydroxylation is 1. The van der Waals surface area contributed by atoms with Crippen LogP contribution in [0.4, 0.5) is 24.8 Å². The Balaban J connectivity index is 1.37. The van der Waals surface area contributed by atoms with Gasteiger partial charge in [-0.15, -0.1) is 0 Å². The lowest BCUT2D eigenvalue weighted by Gasteiger charge is -2.30. The summed E-state index contributed by atoms with van der Waals surface area (Å²) >= 11 is 0. The molecule has 0 aliphatic carbocycles. The van der Waals surface area contributed by atoms with Crippen molar-refractivity contribution in [2.75, 3.05) is 32.5 Å². The van der Waals surface area contributed by atoms with Gasteiger partial charge in [-0.3, -0.25) is 9.69 Å². The third kappa shape index (κ3) is 5.88. The van der Waals surface area contributed by atoms with E-state index < -0.39 is 23.8 Å². The highest BCUT2D eigenvalue weighted by Gasteiger charge is 2.37. The van der Waals surface area contributed by atoms with Gasteiger partial charge in [0.2, 0.25) is 11.8 Å². The monoisotopic (exact) mass is 556 g/mol. The number of carbonyl (C=O) groups excluding carboxylic acids is 1. The van der Waals surface area contributed by atoms with Crippen LogP contribution in [0.15, 0.2) is 42.6 Å². The average molecular weight is 557 g/mol. The fraction of sp³-hybridized carbons (Fsp3) is 0.393. The molecule has 1 aromatic heterocycles. The maximum absolute atomic E-state index is 13.8. The first-order valence-electron chi connectivity index (χ1n) is 13.0. The topological polar surface area (TPSA) is 103 Å². The second-order valence-corrected chi connectivity index (χ2v) is 10.4. The lowest BCUT2D eigenvalue weighted by Crippen LogP contribution is -2.46. The second kappa shape index (κ2) is 11.0. The smallest absolute Gasteiger partial charge is 0.423 e. The molecule has 0 saturated carbocycles. The number of hydrogen-bond donors (Lipinski definition) is 3. The molecule has 212 valence electrons. The van der Waals surface area contributed by atoms with Crippen molar-refractivity contribution in [3.63, 3.8) is 0 Å². The molecule has 3 aromatic rings. The molecular formula is C28H31F3N6O3. The number of nitrogens with zero attached hydrogens (tertiary/aromatic N) is 4. The minimum Gasteiger partial charge on any atom is -0.438 e. The second-order valence-electron chi connectivity index (χ2n) is 10.4. The summed E-state index contributed by atoms with van der Waals surface area (Å²) in [5, 5.41) is 16.5. The number of amides is 1. The fourth-order valence-electron chi connectivity index (χ4n) is 5.11. The highest BCUT2D eigenvalue weighted by Crippen LogP contribution is 2.42. The van der Waals surface area contributed by atoms with Crippen LogP contribution in [0.1, 0.15) is 51.7 Å². The number of fused-ring (bicyclic) bond motifs is 1. The van der Waals surface area contributed by atoms with Crippen LogP contribution in [-0.4, -0.2) is 64.0 Å². The molecule has 5 rings (SSSR count). The predicted octanol–water partition coefficient (Wildman–Crippen LogP) is 4.60. The summed E-state index contributed by atoms with van der Waals surface area (Å²) in [6.45, 7) is 4.01. The lowest BCUT2D eigenvalue weighted by molar-refractivity contribution is -0.139. The highest BCUT2D eigenvalue weighted by atomic mass is 19.4. The number of piperidine rings is 1. The zero-order valence-corrected chi connectivity index (χ0v) is 22.4. The quantitative estimate of drug-likeness (QED) is 0.405. The zero-order valence-electron chi connectivity index (χ0n) is 22.4. The molecule has 2 aromatic carbocycles. The Kier molecular flexibility index (Phi) is 7.67. The van der Waals surface area contributed by atoms with Crippen molar-refractivity contribution in [1.82, 2.24) is 25.1 Å². The molecule has 2 aliphatic heterocycles. The fourth-order valence-corrected chi connectivity index (χ4v) is 5.11. The molecular weight excluding hydrogens is 525 g/mol. The number of halogens is 3. The number of anilines is 2. The Labute approximate surface area is 230 Å². The Hall–Kier alpha value is -3.74. The molecule has 9 nitrogen and oxygen atoms in total. The van der Waals surface area contributed by atoms with Crippen LogP contribution in [0.3, 0.4) is 0 Å². The van der Waals surface area contributed by atoms with E-state index in [0.29, 0.717) is 35.1 Å². The Bertz CT molecular complexity index is 1420. The number of carbonyl (C=O) groups is 1. The molecule has 40 heavy (non-hydrogen) atoms. The molecule has 1 amide bonds. The van der Waals surface area contributed by atoms with Gasteiger partial charge in [0.1, 0.15) is 17.5 Å². The maximum atomic E-state index is 13.8. The number of aliphatic hydroxyl groups excluding tert-OH is 1. The van der Waals surface area contributed by atoms with Gasteiger partial charge >= 0.3 is 6.18 Å². The van der Waals surface area contributed by atoms with Gasteiger partial charge in [-0.05, 0) is 75.8 Å². The van der Waals surface area contributed by atoms with Crippen molar-refractivity contribution in [3.8, 4) is 11.6 Å². The van der Waals surface area contributed by atoms with E-state index in [2.05, 4.69) is 25.5 Å². The Morgan fingerprint density at radius 2 is 2.00 bits per heavy atom. The third-order valence-corrected chi connectivity index (χ3v) is 7.21. The van der Waals surface area contributed by atoms with E-state index in [1.165, 1.54) is 6.07 Å². The molecule has 1 saturated heterocycles. The van der Waals surface area contributed by atoms with Gasteiger partial charge in [-0.2, -0.15) is 18.2 Å². The van der Waals surface area contributed by atoms with Crippen molar-refractivity contribution < 1.29 is 27.8 Å². The van der Waals surface area contributed by atoms with Crippen molar-refractivity contribution in [1.29, 1.82) is 0 Å². The van der Waals surface area contributed by atoms with Gasteiger partial charge in [0.15, 0.2) is 0 Å². The Morgan fingerprint density at radius 3 is 2.73 bits per heavy atom. The average Bonchev–Trinajstić information content (AvgIpc) is 3.18. The molecule has 2 aliphatic rings. The normalized spacial score (nSPS) is 19.8. The third-order valence-electron chi connectivity index (χ3n) is 7.21. The van der Waals surface area contributed by atoms with Gasteiger partial charge in [-0.1, -0.05) is 12.1 Å². The van der Waals surface area contributed by atoms with E-state index in [9.17, 15) is 23.1 Å². The highest BCUT2D eigenvalue weighted by molar-refractivity contribution is 5.95. The summed E-state index contributed by atoms with van der Waals surface area (Å²) in [7, 11) is 3.73. The largest absolute Gasteiger partial charge is 0.438 e. The van der Waals surface area contributed by atoms with Crippen LogP contribution >= 0.6 is 0 Å². The summed E-state index contributed by atoms with van der Waals surface area (Å²) in [6.07, 6.45) is -3.18. The summed E-state index contributed by atoms with van der Waals surface area (Å²) < 4.78 is 47.1. The van der Waals surface area contributed by atoms with Crippen LogP contribution in [0, 0.1) is 6.92 Å². The molecule has 0 spiro atoms. The van der Waals surface area contributed by atoms with E-state index in [4.69, 9.17) is 4.74 Å². The SMILES string of the molecule is Cc1cc(C(=O)NC2CCCN(C)C2)ccc1Nc1ncc(C(F)(F)F)c(Oc2cccc3c2C(O)N(C)C3)n1. The number of aromatic nitrogens is 2. The van der Waals surface area contributed by atoms with Crippen LogP contribution in [-0.2, 0) is 12.7 Å². The standard InChI is InChI=1S/C28H31F3N6O3/c1-16-12-17(24(38)33-19-7-5-11-36(2)15-19)9-10-21(16)34-27-32-13-20(28(29,30)31)25(35-27)40-22-8-4-6-18-14-37(3)26(39)23(18)22/h4,6,8-10,12-13,19,26,39H,5,7,11,14-15H2,1-3H3,(H,33,38)(H,32,34,35). The number of nitrogens with one attached hydrogen (secondary N) is 2. The summed E-state index contributed by atoms with van der Waals surface area (Å²) in [4.78, 5) is 24.5. The van der Waals surface area contributed by atoms with E-state index in [-0.39, 0.29) is 23.6 Å². The van der Waals surface area contributed by atoms with Gasteiger partial charge in [0.25, 0.3) is 5.91 Å². The number of benzene rings is 2. The molecule has 1 fully saturated rings. The first-order chi connectivity index (χ1) is 19.0. The molecule has 0 radical (unpaired) electrons. The molecule has 3 N–H and O–H groups in total. The predicted molar refractivity (Wildman–Crippen MR) is 142 cm³/mol. The minimum atomic E-state index is -4.76. The molecule has 2 atom stereocenters. The van der Waals surface area contributed by atoms with Gasteiger partial charge in [-0.25, -0.2) is 4.98 Å². The van der Waals surface area contributed by atoms with Crippen LogP contribution in [0.2, 0.25) is 0 Å². The van der Waals surface area contributed by atoms with Gasteiger partial charge in [0.05, 0.1) is 0 Å². The summed E-state index contributed by atoms with van der Waals surface area (Å²) in [6, 6.07) is 10.0. The number of rotatable bonds is 6. The summed E-state index contributed by atoms with van der Waals surface area (Å²) in [5.41, 5.74) is 1.70. The number of alkyl halides is 3. The first kappa shape index (κ1) is 27.8. The van der Waals surface area contributed by atoms with E-state index in [1.807, 2.05) is 7.05 Å². The van der Waals surface area contributed by atoms with Crippen LogP contribution in [0.25, 0.3) is 0 Å². The minimum absolute atomic E-state index is 0.0793. The van der Waals surface area contributed by atoms with Crippen LogP contribution < -0.4 is 15.4 Å². The summed E-state index contributed by atoms with van der Waals surface area (Å²) in [5.74, 6) is -0.898. The van der Waals surface area contributed by atoms with Crippen molar-refractivity contribution in [2.24, 2.45) is 0 Å². The van der Waals surface area contributed by atoms with E-state index >= 15 is 0 Å². The lowest BCUT2D eigenvalue weighted by atomic mass is 10.0. The molecule has 12 heteroatoms. The number of ether oxygens (including phenoxy) is 1. The maximum Gasteiger partial charge on any atom is 0.423 e. The van der Waals surface area contributed by atoms with Crippen molar-refractivity contribution in [2.45, 2.75) is 44.8 Å². The number of likely N-dealkylation sites (N-methyl/N-ethyl adjacent to an activating group) is 1. The molecule has 3 heterocycles. The number of likely N-dealkylation sites (tertiary alicyclic amines) is 1. The van der Waals surface area contributed by atoms with Gasteiger partial charge < -0.3 is 25.4 Å². The van der Waals surface area contributed by atoms with Gasteiger partial charge in [0, 0.05) is 42.1 Å². The first-order valence-corrected chi connectivity index (χ1v) is 13.0. The number of aliphatic hydroxyl groups is 1. The van der Waals surface area contributed by atoms with Crippen molar-refractivity contribution in [3.05, 3.63) is 70.4 Å². The van der Waals surface area contributed by atoms with E-state index in [0.717, 1.165) is 31.5 Å².